The number of hydrogen-bond acceptors (Lipinski definition) is 7. The number of phosphoric acid groups is 1. The van der Waals surface area contributed by atoms with Gasteiger partial charge < -0.3 is 33.6 Å². The van der Waals surface area contributed by atoms with Crippen LogP contribution in [-0.2, 0) is 23.1 Å². The van der Waals surface area contributed by atoms with E-state index >= 15 is 0 Å². The first-order chi connectivity index (χ1) is 25.0. The molecule has 0 spiro atoms. The van der Waals surface area contributed by atoms with Crippen LogP contribution >= 0.6 is 7.82 Å². The summed E-state index contributed by atoms with van der Waals surface area (Å²) in [6, 6.07) is -0.942. The third-order valence-corrected chi connectivity index (χ3v) is 9.84. The summed E-state index contributed by atoms with van der Waals surface area (Å²) in [6.07, 6.45) is 40.0. The Bertz CT molecular complexity index is 1100. The molecule has 1 aliphatic rings. The number of likely N-dealkylation sites (N-methyl/N-ethyl adjacent to an activating group) is 1. The van der Waals surface area contributed by atoms with Gasteiger partial charge in [-0.25, -0.2) is 0 Å². The van der Waals surface area contributed by atoms with E-state index in [9.17, 15) is 19.4 Å². The molecule has 1 heterocycles. The van der Waals surface area contributed by atoms with Crippen molar-refractivity contribution in [2.75, 3.05) is 40.9 Å². The number of nitrogens with one attached hydrogen (secondary N) is 1. The summed E-state index contributed by atoms with van der Waals surface area (Å²) in [5, 5.41) is 13.7. The summed E-state index contributed by atoms with van der Waals surface area (Å²) in [5.41, 5.74) is 0. The monoisotopic (exact) mass is 751 g/mol. The normalized spacial score (nSPS) is 19.1. The first kappa shape index (κ1) is 48.2. The lowest BCUT2D eigenvalue weighted by Crippen LogP contribution is -2.45. The second-order valence-corrected chi connectivity index (χ2v) is 16.4. The number of unbranched alkanes of at least 4 members (excludes halogenated alkanes) is 10. The zero-order chi connectivity index (χ0) is 38.3. The molecule has 0 aromatic rings. The highest BCUT2D eigenvalue weighted by molar-refractivity contribution is 7.45. The number of nitrogens with zero attached hydrogens (tertiary/aromatic N) is 1. The van der Waals surface area contributed by atoms with Gasteiger partial charge in [0.05, 0.1) is 52.1 Å². The minimum atomic E-state index is -4.62. The van der Waals surface area contributed by atoms with Crippen LogP contribution in [0.15, 0.2) is 60.8 Å². The maximum atomic E-state index is 12.9. The molecule has 300 valence electrons. The predicted octanol–water partition coefficient (Wildman–Crippen LogP) is 9.04. The van der Waals surface area contributed by atoms with Crippen LogP contribution in [0, 0.1) is 0 Å². The Hall–Kier alpha value is -1.84. The molecule has 1 aliphatic heterocycles. The Balaban J connectivity index is 2.45. The summed E-state index contributed by atoms with van der Waals surface area (Å²) in [4.78, 5) is 25.3. The SMILES string of the molecule is CCCCC/C=C\C/C=C\C/C=C\CC1OC1CCCC(=O)N[C@@H](COP(=O)([O-])OCC[N+](C)(C)C)[C@H](O)/C=C/CC/C=C\CCCCCCCC. The number of aliphatic hydroxyl groups excluding tert-OH is 1. The number of hydrogen-bond donors (Lipinski definition) is 2. The molecule has 0 aliphatic carbocycles. The van der Waals surface area contributed by atoms with Crippen LogP contribution in [0.2, 0.25) is 0 Å². The quantitative estimate of drug-likeness (QED) is 0.0221. The van der Waals surface area contributed by atoms with Gasteiger partial charge in [0, 0.05) is 6.42 Å². The molecule has 2 N–H and O–H groups in total. The number of ether oxygens (including phenoxy) is 1. The number of amides is 1. The van der Waals surface area contributed by atoms with Gasteiger partial charge in [-0.1, -0.05) is 120 Å². The number of phosphoric ester groups is 1. The second-order valence-electron chi connectivity index (χ2n) is 15.0. The largest absolute Gasteiger partial charge is 0.756 e. The average molecular weight is 751 g/mol. The van der Waals surface area contributed by atoms with Crippen molar-refractivity contribution < 1.29 is 37.6 Å². The van der Waals surface area contributed by atoms with E-state index in [1.54, 1.807) is 6.08 Å². The summed E-state index contributed by atoms with van der Waals surface area (Å²) in [5.74, 6) is -0.273. The third-order valence-electron chi connectivity index (χ3n) is 8.87. The number of epoxide rings is 1. The fourth-order valence-corrected chi connectivity index (χ4v) is 6.21. The van der Waals surface area contributed by atoms with Gasteiger partial charge in [-0.15, -0.1) is 0 Å². The Morgan fingerprint density at radius 2 is 1.37 bits per heavy atom. The second kappa shape index (κ2) is 30.5. The van der Waals surface area contributed by atoms with Crippen LogP contribution in [-0.4, -0.2) is 80.8 Å². The predicted molar refractivity (Wildman–Crippen MR) is 214 cm³/mol. The minimum absolute atomic E-state index is 0.0235. The molecule has 1 fully saturated rings. The smallest absolute Gasteiger partial charge is 0.268 e. The number of carbonyl (C=O) groups is 1. The fourth-order valence-electron chi connectivity index (χ4n) is 5.49. The van der Waals surface area contributed by atoms with Crippen molar-refractivity contribution in [3.8, 4) is 0 Å². The standard InChI is InChI=1S/C42H75N2O7P/c1-6-8-10-12-14-16-18-20-22-24-26-28-31-39(45)38(37-50-52(47,48)49-36-35-44(3,4)5)43-42(46)34-30-33-41-40(51-41)32-29-27-25-23-21-19-17-15-13-11-9-7-2/h15,17,20-23,27-29,31,38-41,45H,6-14,16,18-19,24-26,30,32-37H2,1-5H3,(H-,43,46,47,48)/b17-15-,22-20-,23-21-,29-27-,31-28+/t38-,39+,40?,41?/m0/s1. The highest BCUT2D eigenvalue weighted by Crippen LogP contribution is 2.38. The van der Waals surface area contributed by atoms with Crippen LogP contribution in [0.25, 0.3) is 0 Å². The van der Waals surface area contributed by atoms with Crippen molar-refractivity contribution in [3.63, 3.8) is 0 Å². The van der Waals surface area contributed by atoms with Crippen LogP contribution in [0.5, 0.6) is 0 Å². The van der Waals surface area contributed by atoms with Crippen molar-refractivity contribution in [2.24, 2.45) is 0 Å². The maximum Gasteiger partial charge on any atom is 0.268 e. The minimum Gasteiger partial charge on any atom is -0.756 e. The van der Waals surface area contributed by atoms with E-state index in [-0.39, 0.29) is 31.1 Å². The lowest BCUT2D eigenvalue weighted by Gasteiger charge is -2.29. The first-order valence-corrected chi connectivity index (χ1v) is 21.7. The summed E-state index contributed by atoms with van der Waals surface area (Å²) in [7, 11) is 1.18. The number of aliphatic hydroxyl groups is 1. The number of quaternary nitrogens is 1. The van der Waals surface area contributed by atoms with Crippen LogP contribution in [0.3, 0.4) is 0 Å². The van der Waals surface area contributed by atoms with Gasteiger partial charge in [-0.2, -0.15) is 0 Å². The highest BCUT2D eigenvalue weighted by atomic mass is 31.2. The first-order valence-electron chi connectivity index (χ1n) is 20.3. The van der Waals surface area contributed by atoms with E-state index in [1.165, 1.54) is 64.2 Å². The summed E-state index contributed by atoms with van der Waals surface area (Å²) >= 11 is 0. The average Bonchev–Trinajstić information content (AvgIpc) is 3.84. The molecule has 3 unspecified atom stereocenters. The topological polar surface area (TPSA) is 120 Å². The molecular weight excluding hydrogens is 675 g/mol. The Kier molecular flexibility index (Phi) is 28.2. The van der Waals surface area contributed by atoms with E-state index in [0.717, 1.165) is 44.9 Å². The van der Waals surface area contributed by atoms with E-state index in [4.69, 9.17) is 13.8 Å². The van der Waals surface area contributed by atoms with Crippen molar-refractivity contribution in [1.82, 2.24) is 5.32 Å². The molecule has 1 amide bonds. The van der Waals surface area contributed by atoms with Crippen molar-refractivity contribution in [3.05, 3.63) is 60.8 Å². The molecule has 52 heavy (non-hydrogen) atoms. The van der Waals surface area contributed by atoms with Crippen LogP contribution < -0.4 is 10.2 Å². The molecule has 1 rings (SSSR count). The molecule has 0 bridgehead atoms. The van der Waals surface area contributed by atoms with E-state index in [2.05, 4.69) is 67.8 Å². The molecule has 5 atom stereocenters. The molecule has 0 saturated carbocycles. The fraction of sp³-hybridized carbons (Fsp3) is 0.738. The molecule has 10 heteroatoms. The van der Waals surface area contributed by atoms with Gasteiger partial charge in [0.2, 0.25) is 5.91 Å². The maximum absolute atomic E-state index is 12.9. The van der Waals surface area contributed by atoms with Crippen molar-refractivity contribution in [2.45, 2.75) is 160 Å². The van der Waals surface area contributed by atoms with E-state index < -0.39 is 26.6 Å². The van der Waals surface area contributed by atoms with Gasteiger partial charge in [0.25, 0.3) is 7.82 Å². The van der Waals surface area contributed by atoms with Gasteiger partial charge >= 0.3 is 0 Å². The van der Waals surface area contributed by atoms with E-state index in [1.807, 2.05) is 27.2 Å². The Morgan fingerprint density at radius 1 is 0.788 bits per heavy atom. The van der Waals surface area contributed by atoms with E-state index in [0.29, 0.717) is 17.4 Å². The van der Waals surface area contributed by atoms with Crippen molar-refractivity contribution >= 4 is 13.7 Å². The molecule has 1 saturated heterocycles. The third kappa shape index (κ3) is 29.6. The molecule has 9 nitrogen and oxygen atoms in total. The lowest BCUT2D eigenvalue weighted by molar-refractivity contribution is -0.870. The molecule has 0 aromatic carbocycles. The van der Waals surface area contributed by atoms with Crippen molar-refractivity contribution in [1.29, 1.82) is 0 Å². The van der Waals surface area contributed by atoms with Gasteiger partial charge in [0.1, 0.15) is 13.2 Å². The number of carbonyl (C=O) groups excluding carboxylic acids is 1. The highest BCUT2D eigenvalue weighted by Gasteiger charge is 2.36. The van der Waals surface area contributed by atoms with Gasteiger partial charge in [-0.05, 0) is 70.6 Å². The lowest BCUT2D eigenvalue weighted by atomic mass is 10.1. The molecular formula is C42H75N2O7P. The molecule has 0 aromatic heterocycles. The van der Waals surface area contributed by atoms with Gasteiger partial charge in [0.15, 0.2) is 0 Å². The number of rotatable bonds is 34. The zero-order valence-electron chi connectivity index (χ0n) is 33.4. The zero-order valence-corrected chi connectivity index (χ0v) is 34.3. The van der Waals surface area contributed by atoms with Crippen LogP contribution in [0.1, 0.15) is 136 Å². The van der Waals surface area contributed by atoms with Crippen LogP contribution in [0.4, 0.5) is 0 Å². The summed E-state index contributed by atoms with van der Waals surface area (Å²) < 4.78 is 28.9. The molecule has 0 radical (unpaired) electrons. The summed E-state index contributed by atoms with van der Waals surface area (Å²) in [6.45, 7) is 4.48. The number of allylic oxidation sites excluding steroid dienone is 8. The Labute approximate surface area is 317 Å². The van der Waals surface area contributed by atoms with Gasteiger partial charge in [-0.3, -0.25) is 9.36 Å². The Morgan fingerprint density at radius 3 is 2.08 bits per heavy atom.